The Hall–Kier alpha value is -1.18. The van der Waals surface area contributed by atoms with Gasteiger partial charge in [-0.2, -0.15) is 0 Å². The van der Waals surface area contributed by atoms with Gasteiger partial charge in [-0.05, 0) is 42.9 Å². The molecule has 0 spiro atoms. The van der Waals surface area contributed by atoms with Crippen LogP contribution in [-0.4, -0.2) is 0 Å². The van der Waals surface area contributed by atoms with Gasteiger partial charge in [0.25, 0.3) is 0 Å². The van der Waals surface area contributed by atoms with Gasteiger partial charge in [0.2, 0.25) is 0 Å². The molecule has 84 valence electrons. The third-order valence-corrected chi connectivity index (χ3v) is 3.17. The van der Waals surface area contributed by atoms with Crippen molar-refractivity contribution in [1.29, 1.82) is 0 Å². The Balaban J connectivity index is 3.19. The summed E-state index contributed by atoms with van der Waals surface area (Å²) in [5.74, 6) is 0.521. The molecule has 0 heterocycles. The summed E-state index contributed by atoms with van der Waals surface area (Å²) >= 11 is 0. The molecule has 0 aliphatic carbocycles. The van der Waals surface area contributed by atoms with Crippen LogP contribution in [0.25, 0.3) is 0 Å². The molecular weight excluding hydrogens is 184 g/mol. The second-order valence-electron chi connectivity index (χ2n) is 4.42. The summed E-state index contributed by atoms with van der Waals surface area (Å²) in [6.45, 7) is 8.47. The van der Waals surface area contributed by atoms with Crippen LogP contribution < -0.4 is 11.5 Å². The molecule has 1 aromatic rings. The molecule has 0 fully saturated rings. The minimum Gasteiger partial charge on any atom is -0.398 e. The maximum atomic E-state index is 6.10. The van der Waals surface area contributed by atoms with Gasteiger partial charge in [0.15, 0.2) is 0 Å². The van der Waals surface area contributed by atoms with Crippen LogP contribution in [0.3, 0.4) is 0 Å². The Kier molecular flexibility index (Phi) is 3.61. The normalized spacial score (nSPS) is 12.8. The van der Waals surface area contributed by atoms with E-state index < -0.39 is 0 Å². The molecule has 0 saturated carbocycles. The van der Waals surface area contributed by atoms with E-state index in [1.54, 1.807) is 0 Å². The summed E-state index contributed by atoms with van der Waals surface area (Å²) < 4.78 is 0. The minimum atomic E-state index is 0.521. The first-order valence-electron chi connectivity index (χ1n) is 5.64. The Bertz CT molecular complexity index is 356. The summed E-state index contributed by atoms with van der Waals surface area (Å²) in [7, 11) is 0. The fraction of sp³-hybridized carbons (Fsp3) is 0.538. The van der Waals surface area contributed by atoms with E-state index >= 15 is 0 Å². The zero-order valence-electron chi connectivity index (χ0n) is 10.2. The van der Waals surface area contributed by atoms with Gasteiger partial charge in [-0.1, -0.05) is 26.3 Å². The van der Waals surface area contributed by atoms with Crippen LogP contribution in [0.5, 0.6) is 0 Å². The lowest BCUT2D eigenvalue weighted by Gasteiger charge is -2.18. The molecule has 0 bridgehead atoms. The average Bonchev–Trinajstić information content (AvgIpc) is 2.20. The zero-order chi connectivity index (χ0) is 11.6. The standard InChI is InChI=1S/C13H22N2/c1-5-6-8(2)11-7-9(3)12(14)10(4)13(11)15/h7-8H,5-6,14-15H2,1-4H3. The maximum absolute atomic E-state index is 6.10. The van der Waals surface area contributed by atoms with Crippen LogP contribution in [0.4, 0.5) is 11.4 Å². The topological polar surface area (TPSA) is 52.0 Å². The van der Waals surface area contributed by atoms with Gasteiger partial charge in [-0.3, -0.25) is 0 Å². The first kappa shape index (κ1) is 11.9. The number of anilines is 2. The highest BCUT2D eigenvalue weighted by molar-refractivity contribution is 5.68. The summed E-state index contributed by atoms with van der Waals surface area (Å²) in [5, 5.41) is 0. The molecule has 0 aliphatic heterocycles. The van der Waals surface area contributed by atoms with E-state index in [0.29, 0.717) is 5.92 Å². The number of benzene rings is 1. The van der Waals surface area contributed by atoms with Crippen LogP contribution in [-0.2, 0) is 0 Å². The molecule has 1 unspecified atom stereocenters. The molecule has 2 nitrogen and oxygen atoms in total. The second kappa shape index (κ2) is 4.56. The Morgan fingerprint density at radius 1 is 1.20 bits per heavy atom. The third-order valence-electron chi connectivity index (χ3n) is 3.17. The molecule has 1 rings (SSSR count). The number of nitrogens with two attached hydrogens (primary N) is 2. The highest BCUT2D eigenvalue weighted by Gasteiger charge is 2.13. The van der Waals surface area contributed by atoms with Crippen LogP contribution in [0, 0.1) is 13.8 Å². The quantitative estimate of drug-likeness (QED) is 0.745. The van der Waals surface area contributed by atoms with Crippen molar-refractivity contribution >= 4 is 11.4 Å². The van der Waals surface area contributed by atoms with Crippen molar-refractivity contribution in [3.63, 3.8) is 0 Å². The average molecular weight is 206 g/mol. The fourth-order valence-electron chi connectivity index (χ4n) is 2.04. The fourth-order valence-corrected chi connectivity index (χ4v) is 2.04. The van der Waals surface area contributed by atoms with Crippen LogP contribution >= 0.6 is 0 Å². The van der Waals surface area contributed by atoms with E-state index in [9.17, 15) is 0 Å². The highest BCUT2D eigenvalue weighted by Crippen LogP contribution is 2.33. The molecule has 0 radical (unpaired) electrons. The molecule has 0 aromatic heterocycles. The van der Waals surface area contributed by atoms with Gasteiger partial charge < -0.3 is 11.5 Å². The smallest absolute Gasteiger partial charge is 0.0399 e. The van der Waals surface area contributed by atoms with Crippen molar-refractivity contribution in [2.45, 2.75) is 46.5 Å². The predicted molar refractivity (Wildman–Crippen MR) is 68.1 cm³/mol. The predicted octanol–water partition coefficient (Wildman–Crippen LogP) is 3.37. The van der Waals surface area contributed by atoms with Crippen molar-refractivity contribution in [2.24, 2.45) is 0 Å². The van der Waals surface area contributed by atoms with E-state index in [0.717, 1.165) is 22.5 Å². The van der Waals surface area contributed by atoms with Crippen molar-refractivity contribution in [3.8, 4) is 0 Å². The maximum Gasteiger partial charge on any atom is 0.0399 e. The van der Waals surface area contributed by atoms with Gasteiger partial charge in [0.1, 0.15) is 0 Å². The second-order valence-corrected chi connectivity index (χ2v) is 4.42. The van der Waals surface area contributed by atoms with Crippen LogP contribution in [0.2, 0.25) is 0 Å². The molecule has 15 heavy (non-hydrogen) atoms. The summed E-state index contributed by atoms with van der Waals surface area (Å²) in [5.41, 5.74) is 17.2. The first-order valence-corrected chi connectivity index (χ1v) is 5.64. The SMILES string of the molecule is CCCC(C)c1cc(C)c(N)c(C)c1N. The number of nitrogen functional groups attached to an aromatic ring is 2. The highest BCUT2D eigenvalue weighted by atomic mass is 14.6. The van der Waals surface area contributed by atoms with E-state index in [1.807, 2.05) is 13.8 Å². The summed E-state index contributed by atoms with van der Waals surface area (Å²) in [6, 6.07) is 2.14. The lowest BCUT2D eigenvalue weighted by Crippen LogP contribution is -2.06. The number of rotatable bonds is 3. The van der Waals surface area contributed by atoms with Crippen LogP contribution in [0.15, 0.2) is 6.07 Å². The van der Waals surface area contributed by atoms with Crippen molar-refractivity contribution in [3.05, 3.63) is 22.8 Å². The minimum absolute atomic E-state index is 0.521. The van der Waals surface area contributed by atoms with Gasteiger partial charge in [0, 0.05) is 11.4 Å². The molecular formula is C13H22N2. The monoisotopic (exact) mass is 206 g/mol. The largest absolute Gasteiger partial charge is 0.398 e. The molecule has 1 aromatic carbocycles. The van der Waals surface area contributed by atoms with Gasteiger partial charge in [-0.15, -0.1) is 0 Å². The lowest BCUT2D eigenvalue weighted by molar-refractivity contribution is 0.666. The first-order chi connectivity index (χ1) is 6.99. The molecule has 1 atom stereocenters. The van der Waals surface area contributed by atoms with E-state index in [1.165, 1.54) is 18.4 Å². The molecule has 2 heteroatoms. The van der Waals surface area contributed by atoms with E-state index in [4.69, 9.17) is 11.5 Å². The summed E-state index contributed by atoms with van der Waals surface area (Å²) in [4.78, 5) is 0. The number of hydrogen-bond acceptors (Lipinski definition) is 2. The Morgan fingerprint density at radius 2 is 1.80 bits per heavy atom. The zero-order valence-corrected chi connectivity index (χ0v) is 10.2. The molecule has 4 N–H and O–H groups in total. The lowest BCUT2D eigenvalue weighted by atomic mass is 9.91. The summed E-state index contributed by atoms with van der Waals surface area (Å²) in [6.07, 6.45) is 2.36. The van der Waals surface area contributed by atoms with Crippen molar-refractivity contribution < 1.29 is 0 Å². The van der Waals surface area contributed by atoms with Crippen LogP contribution in [0.1, 0.15) is 49.3 Å². The molecule has 0 amide bonds. The van der Waals surface area contributed by atoms with E-state index in [-0.39, 0.29) is 0 Å². The van der Waals surface area contributed by atoms with Gasteiger partial charge >= 0.3 is 0 Å². The molecule has 0 aliphatic rings. The number of aryl methyl sites for hydroxylation is 1. The Labute approximate surface area is 92.7 Å². The Morgan fingerprint density at radius 3 is 2.33 bits per heavy atom. The van der Waals surface area contributed by atoms with Crippen molar-refractivity contribution in [2.75, 3.05) is 11.5 Å². The van der Waals surface area contributed by atoms with E-state index in [2.05, 4.69) is 19.9 Å². The van der Waals surface area contributed by atoms with Crippen molar-refractivity contribution in [1.82, 2.24) is 0 Å². The van der Waals surface area contributed by atoms with Gasteiger partial charge in [-0.25, -0.2) is 0 Å². The number of hydrogen-bond donors (Lipinski definition) is 2. The molecule has 0 saturated heterocycles. The third kappa shape index (κ3) is 2.25. The van der Waals surface area contributed by atoms with Gasteiger partial charge in [0.05, 0.1) is 0 Å².